The number of esters is 1. The number of nitrogen functional groups attached to an aromatic ring is 1. The van der Waals surface area contributed by atoms with Crippen LogP contribution in [0.4, 0.5) is 23.4 Å². The molecule has 0 amide bonds. The Labute approximate surface area is 152 Å². The van der Waals surface area contributed by atoms with Gasteiger partial charge < -0.3 is 10.5 Å². The molecule has 0 aliphatic heterocycles. The Morgan fingerprint density at radius 1 is 1.28 bits per heavy atom. The van der Waals surface area contributed by atoms with Crippen LogP contribution >= 0.6 is 35.0 Å². The third kappa shape index (κ3) is 4.25. The Bertz CT molecular complexity index is 849. The number of alkyl halides is 3. The predicted octanol–water partition coefficient (Wildman–Crippen LogP) is 4.57. The maximum atomic E-state index is 14.5. The molecule has 2 rings (SSSR count). The van der Waals surface area contributed by atoms with E-state index in [4.69, 9.17) is 28.9 Å². The number of carbonyl (C=O) groups excluding carboxylic acids is 1. The molecule has 1 aromatic carbocycles. The Hall–Kier alpha value is -1.78. The van der Waals surface area contributed by atoms with E-state index in [1.54, 1.807) is 0 Å². The topological polar surface area (TPSA) is 78.1 Å². The lowest BCUT2D eigenvalue weighted by Gasteiger charge is -2.12. The first-order valence-corrected chi connectivity index (χ1v) is 7.77. The minimum absolute atomic E-state index is 0.324. The van der Waals surface area contributed by atoms with Crippen LogP contribution in [0, 0.1) is 5.82 Å². The fourth-order valence-electron chi connectivity index (χ4n) is 1.73. The van der Waals surface area contributed by atoms with Crippen LogP contribution in [0.3, 0.4) is 0 Å². The van der Waals surface area contributed by atoms with Crippen molar-refractivity contribution in [1.82, 2.24) is 9.97 Å². The van der Waals surface area contributed by atoms with Gasteiger partial charge in [-0.05, 0) is 23.9 Å². The van der Waals surface area contributed by atoms with Crippen molar-refractivity contribution in [3.05, 3.63) is 33.7 Å². The van der Waals surface area contributed by atoms with E-state index in [2.05, 4.69) is 14.7 Å². The zero-order chi connectivity index (χ0) is 18.9. The molecule has 0 fully saturated rings. The number of nitrogens with two attached hydrogens (primary N) is 1. The number of carbonyl (C=O) groups is 1. The van der Waals surface area contributed by atoms with Gasteiger partial charge in [-0.25, -0.2) is 19.2 Å². The summed E-state index contributed by atoms with van der Waals surface area (Å²) < 4.78 is 56.7. The molecule has 2 aromatic rings. The summed E-state index contributed by atoms with van der Waals surface area (Å²) in [5.41, 5.74) is -0.110. The average molecular weight is 416 g/mol. The van der Waals surface area contributed by atoms with Crippen LogP contribution in [-0.2, 0) is 4.74 Å². The highest BCUT2D eigenvalue weighted by Gasteiger charge is 2.33. The van der Waals surface area contributed by atoms with Gasteiger partial charge in [0.2, 0.25) is 0 Å². The molecule has 0 unspecified atom stereocenters. The van der Waals surface area contributed by atoms with E-state index in [-0.39, 0.29) is 10.8 Å². The van der Waals surface area contributed by atoms with Gasteiger partial charge in [-0.3, -0.25) is 0 Å². The van der Waals surface area contributed by atoms with E-state index in [9.17, 15) is 22.4 Å². The zero-order valence-electron chi connectivity index (χ0n) is 12.1. The number of rotatable bonds is 3. The Kier molecular flexibility index (Phi) is 5.65. The van der Waals surface area contributed by atoms with Crippen molar-refractivity contribution in [3.8, 4) is 11.4 Å². The first-order valence-electron chi connectivity index (χ1n) is 6.20. The normalized spacial score (nSPS) is 11.5. The largest absolute Gasteiger partial charge is 0.464 e. The number of aromatic nitrogens is 2. The average Bonchev–Trinajstić information content (AvgIpc) is 2.52. The Morgan fingerprint density at radius 2 is 1.92 bits per heavy atom. The fraction of sp³-hybridized carbons (Fsp3) is 0.154. The second-order valence-electron chi connectivity index (χ2n) is 4.37. The number of anilines is 1. The summed E-state index contributed by atoms with van der Waals surface area (Å²) in [4.78, 5) is 18.2. The van der Waals surface area contributed by atoms with Crippen LogP contribution in [0.25, 0.3) is 11.4 Å². The number of nitrogens with zero attached hydrogens (tertiary/aromatic N) is 2. The molecule has 2 N–H and O–H groups in total. The van der Waals surface area contributed by atoms with Gasteiger partial charge >= 0.3 is 11.5 Å². The second kappa shape index (κ2) is 7.22. The van der Waals surface area contributed by atoms with Gasteiger partial charge in [0.05, 0.1) is 22.6 Å². The highest BCUT2D eigenvalue weighted by molar-refractivity contribution is 8.00. The van der Waals surface area contributed by atoms with Crippen LogP contribution in [0.5, 0.6) is 0 Å². The van der Waals surface area contributed by atoms with Crippen molar-refractivity contribution >= 4 is 46.8 Å². The lowest BCUT2D eigenvalue weighted by Crippen LogP contribution is -2.10. The molecule has 1 aromatic heterocycles. The smallest absolute Gasteiger partial charge is 0.446 e. The van der Waals surface area contributed by atoms with E-state index in [0.717, 1.165) is 19.2 Å². The van der Waals surface area contributed by atoms with Gasteiger partial charge in [-0.2, -0.15) is 13.2 Å². The number of thioether (sulfide) groups is 1. The molecule has 0 aliphatic carbocycles. The third-order valence-electron chi connectivity index (χ3n) is 2.76. The van der Waals surface area contributed by atoms with Crippen LogP contribution in [0.15, 0.2) is 17.0 Å². The van der Waals surface area contributed by atoms with Crippen molar-refractivity contribution in [2.45, 2.75) is 10.4 Å². The standard InChI is InChI=1S/C13H7Cl2F4N3O2S/c1-24-12(23)8-6(15)10(20)22-11(21-8)4-2-3-5(14)9(7(4)16)25-13(17,18)19/h2-3H,1H3,(H2,20,21,22). The molecule has 0 bridgehead atoms. The van der Waals surface area contributed by atoms with Gasteiger partial charge in [-0.1, -0.05) is 23.2 Å². The molecular weight excluding hydrogens is 409 g/mol. The minimum atomic E-state index is -4.76. The number of hydrogen-bond donors (Lipinski definition) is 1. The van der Waals surface area contributed by atoms with Gasteiger partial charge in [0.25, 0.3) is 0 Å². The van der Waals surface area contributed by atoms with Crippen molar-refractivity contribution < 1.29 is 27.1 Å². The molecule has 0 aliphatic rings. The fourth-order valence-corrected chi connectivity index (χ4v) is 2.75. The molecule has 134 valence electrons. The maximum Gasteiger partial charge on any atom is 0.446 e. The lowest BCUT2D eigenvalue weighted by molar-refractivity contribution is -0.0329. The summed E-state index contributed by atoms with van der Waals surface area (Å²) in [6, 6.07) is 2.10. The van der Waals surface area contributed by atoms with E-state index in [1.807, 2.05) is 0 Å². The number of ether oxygens (including phenoxy) is 1. The number of halogens is 6. The second-order valence-corrected chi connectivity index (χ2v) is 6.23. The molecule has 0 spiro atoms. The quantitative estimate of drug-likeness (QED) is 0.449. The molecule has 0 atom stereocenters. The molecule has 0 radical (unpaired) electrons. The molecule has 25 heavy (non-hydrogen) atoms. The van der Waals surface area contributed by atoms with Crippen molar-refractivity contribution in [3.63, 3.8) is 0 Å². The summed E-state index contributed by atoms with van der Waals surface area (Å²) in [7, 11) is 1.05. The van der Waals surface area contributed by atoms with Crippen LogP contribution in [0.2, 0.25) is 10.0 Å². The van der Waals surface area contributed by atoms with E-state index < -0.39 is 56.1 Å². The summed E-state index contributed by atoms with van der Waals surface area (Å²) >= 11 is 10.7. The minimum Gasteiger partial charge on any atom is -0.464 e. The highest BCUT2D eigenvalue weighted by Crippen LogP contribution is 2.43. The molecule has 5 nitrogen and oxygen atoms in total. The first kappa shape index (κ1) is 19.5. The summed E-state index contributed by atoms with van der Waals surface area (Å²) in [6.45, 7) is 0. The molecule has 0 saturated carbocycles. The van der Waals surface area contributed by atoms with Crippen molar-refractivity contribution in [2.24, 2.45) is 0 Å². The van der Waals surface area contributed by atoms with Gasteiger partial charge in [0.1, 0.15) is 16.7 Å². The van der Waals surface area contributed by atoms with E-state index >= 15 is 0 Å². The van der Waals surface area contributed by atoms with Crippen LogP contribution in [0.1, 0.15) is 10.5 Å². The monoisotopic (exact) mass is 415 g/mol. The third-order valence-corrected chi connectivity index (χ3v) is 4.40. The SMILES string of the molecule is COC(=O)c1nc(-c2ccc(Cl)c(SC(F)(F)F)c2F)nc(N)c1Cl. The Balaban J connectivity index is 2.65. The van der Waals surface area contributed by atoms with Gasteiger partial charge in [0, 0.05) is 0 Å². The number of methoxy groups -OCH3 is 1. The van der Waals surface area contributed by atoms with Crippen LogP contribution in [-0.4, -0.2) is 28.6 Å². The molecule has 12 heteroatoms. The maximum absolute atomic E-state index is 14.5. The molecular formula is C13H7Cl2F4N3O2S. The van der Waals surface area contributed by atoms with Crippen molar-refractivity contribution in [1.29, 1.82) is 0 Å². The summed E-state index contributed by atoms with van der Waals surface area (Å²) in [5, 5.41) is -0.770. The van der Waals surface area contributed by atoms with E-state index in [0.29, 0.717) is 0 Å². The Morgan fingerprint density at radius 3 is 2.48 bits per heavy atom. The highest BCUT2D eigenvalue weighted by atomic mass is 35.5. The lowest BCUT2D eigenvalue weighted by atomic mass is 10.2. The predicted molar refractivity (Wildman–Crippen MR) is 85.1 cm³/mol. The zero-order valence-corrected chi connectivity index (χ0v) is 14.4. The number of hydrogen-bond acceptors (Lipinski definition) is 6. The molecule has 1 heterocycles. The summed E-state index contributed by atoms with van der Waals surface area (Å²) in [5.74, 6) is -3.10. The van der Waals surface area contributed by atoms with Crippen LogP contribution < -0.4 is 5.73 Å². The van der Waals surface area contributed by atoms with Gasteiger partial charge in [-0.15, -0.1) is 0 Å². The first-order chi connectivity index (χ1) is 11.5. The van der Waals surface area contributed by atoms with E-state index in [1.165, 1.54) is 0 Å². The molecule has 0 saturated heterocycles. The summed E-state index contributed by atoms with van der Waals surface area (Å²) in [6.07, 6.45) is 0. The van der Waals surface area contributed by atoms with Crippen molar-refractivity contribution in [2.75, 3.05) is 12.8 Å². The number of benzene rings is 1. The van der Waals surface area contributed by atoms with Gasteiger partial charge in [0.15, 0.2) is 11.5 Å².